The van der Waals surface area contributed by atoms with E-state index in [1.54, 1.807) is 6.92 Å². The van der Waals surface area contributed by atoms with Gasteiger partial charge in [0, 0.05) is 30.4 Å². The molecule has 0 saturated heterocycles. The van der Waals surface area contributed by atoms with Crippen molar-refractivity contribution in [1.82, 2.24) is 19.8 Å². The van der Waals surface area contributed by atoms with Crippen molar-refractivity contribution in [2.75, 3.05) is 20.1 Å². The maximum atomic E-state index is 12.1. The van der Waals surface area contributed by atoms with Gasteiger partial charge in [0.2, 0.25) is 0 Å². The zero-order chi connectivity index (χ0) is 14.6. The van der Waals surface area contributed by atoms with Crippen LogP contribution >= 0.6 is 0 Å². The van der Waals surface area contributed by atoms with Gasteiger partial charge in [-0.3, -0.25) is 5.10 Å². The molecular formula is C11H22N4O3S. The minimum absolute atomic E-state index is 0.125. The van der Waals surface area contributed by atoms with Crippen LogP contribution < -0.4 is 4.72 Å². The van der Waals surface area contributed by atoms with E-state index in [-0.39, 0.29) is 11.6 Å². The maximum Gasteiger partial charge on any atom is 0.260 e. The monoisotopic (exact) mass is 290 g/mol. The number of nitrogens with one attached hydrogen (secondary N) is 2. The summed E-state index contributed by atoms with van der Waals surface area (Å²) >= 11 is 0. The molecule has 0 radical (unpaired) electrons. The molecule has 1 rings (SSSR count). The van der Waals surface area contributed by atoms with Crippen molar-refractivity contribution in [3.05, 3.63) is 11.3 Å². The van der Waals surface area contributed by atoms with E-state index in [0.29, 0.717) is 30.4 Å². The van der Waals surface area contributed by atoms with E-state index in [1.165, 1.54) is 0 Å². The van der Waals surface area contributed by atoms with Crippen LogP contribution in [-0.4, -0.2) is 54.8 Å². The second kappa shape index (κ2) is 6.47. The number of aromatic amines is 1. The molecule has 1 heterocycles. The fraction of sp³-hybridized carbons (Fsp3) is 0.727. The van der Waals surface area contributed by atoms with Crippen LogP contribution in [0.1, 0.15) is 25.1 Å². The molecule has 0 bridgehead atoms. The number of sulfonamides is 1. The van der Waals surface area contributed by atoms with Crippen LogP contribution in [0.4, 0.5) is 0 Å². The predicted molar refractivity (Wildman–Crippen MR) is 72.2 cm³/mol. The van der Waals surface area contributed by atoms with E-state index in [2.05, 4.69) is 14.9 Å². The van der Waals surface area contributed by atoms with Crippen LogP contribution in [0.3, 0.4) is 0 Å². The van der Waals surface area contributed by atoms with Crippen LogP contribution in [-0.2, 0) is 16.6 Å². The smallest absolute Gasteiger partial charge is 0.260 e. The highest BCUT2D eigenvalue weighted by Crippen LogP contribution is 2.15. The van der Waals surface area contributed by atoms with Crippen molar-refractivity contribution in [3.63, 3.8) is 0 Å². The van der Waals surface area contributed by atoms with Gasteiger partial charge in [0.05, 0.1) is 6.61 Å². The van der Waals surface area contributed by atoms with Crippen LogP contribution in [0.5, 0.6) is 0 Å². The van der Waals surface area contributed by atoms with Crippen LogP contribution in [0.25, 0.3) is 0 Å². The zero-order valence-electron chi connectivity index (χ0n) is 11.8. The summed E-state index contributed by atoms with van der Waals surface area (Å²) in [5, 5.41) is 15.4. The van der Waals surface area contributed by atoms with Crippen molar-refractivity contribution in [3.8, 4) is 0 Å². The molecule has 0 aromatic carbocycles. The second-order valence-electron chi connectivity index (χ2n) is 4.76. The number of H-pyrrole nitrogens is 1. The molecule has 3 N–H and O–H groups in total. The third kappa shape index (κ3) is 4.00. The van der Waals surface area contributed by atoms with E-state index in [1.807, 2.05) is 25.8 Å². The minimum atomic E-state index is -3.68. The summed E-state index contributed by atoms with van der Waals surface area (Å²) in [5.41, 5.74) is 0.867. The highest BCUT2D eigenvalue weighted by molar-refractivity contribution is 7.89. The minimum Gasteiger partial charge on any atom is -0.392 e. The maximum absolute atomic E-state index is 12.1. The lowest BCUT2D eigenvalue weighted by atomic mass is 10.3. The van der Waals surface area contributed by atoms with Crippen molar-refractivity contribution in [2.45, 2.75) is 38.4 Å². The number of hydrogen-bond acceptors (Lipinski definition) is 5. The Morgan fingerprint density at radius 2 is 2.11 bits per heavy atom. The van der Waals surface area contributed by atoms with Gasteiger partial charge in [0.1, 0.15) is 0 Å². The third-order valence-electron chi connectivity index (χ3n) is 3.09. The molecule has 7 nitrogen and oxygen atoms in total. The second-order valence-corrected chi connectivity index (χ2v) is 6.44. The Morgan fingerprint density at radius 3 is 2.63 bits per heavy atom. The van der Waals surface area contributed by atoms with Crippen molar-refractivity contribution >= 4 is 10.0 Å². The first-order chi connectivity index (χ1) is 8.79. The molecule has 0 atom stereocenters. The molecule has 1 aromatic rings. The van der Waals surface area contributed by atoms with E-state index >= 15 is 0 Å². The molecule has 0 aliphatic heterocycles. The molecule has 0 amide bonds. The first-order valence-corrected chi connectivity index (χ1v) is 7.62. The average Bonchev–Trinajstić information content (AvgIpc) is 2.70. The number of likely N-dealkylation sites (N-methyl/N-ethyl adjacent to an activating group) is 1. The summed E-state index contributed by atoms with van der Waals surface area (Å²) in [4.78, 5) is 2.03. The predicted octanol–water partition coefficient (Wildman–Crippen LogP) is -0.171. The fourth-order valence-corrected chi connectivity index (χ4v) is 2.73. The summed E-state index contributed by atoms with van der Waals surface area (Å²) in [6.07, 6.45) is 0. The van der Waals surface area contributed by atoms with Crippen LogP contribution in [0.15, 0.2) is 5.03 Å². The Balaban J connectivity index is 2.71. The van der Waals surface area contributed by atoms with E-state index in [0.717, 1.165) is 0 Å². The SMILES string of the molecule is Cc1[nH]nc(S(=O)(=O)NCCN(C)C(C)C)c1CO. The lowest BCUT2D eigenvalue weighted by Crippen LogP contribution is -2.36. The molecule has 0 aliphatic rings. The summed E-state index contributed by atoms with van der Waals surface area (Å²) in [6, 6.07) is 0.352. The Kier molecular flexibility index (Phi) is 5.48. The van der Waals surface area contributed by atoms with Gasteiger partial charge in [-0.25, -0.2) is 13.1 Å². The summed E-state index contributed by atoms with van der Waals surface area (Å²) in [5.74, 6) is 0. The van der Waals surface area contributed by atoms with Gasteiger partial charge in [-0.15, -0.1) is 0 Å². The first-order valence-electron chi connectivity index (χ1n) is 6.14. The van der Waals surface area contributed by atoms with Crippen molar-refractivity contribution < 1.29 is 13.5 Å². The largest absolute Gasteiger partial charge is 0.392 e. The molecule has 19 heavy (non-hydrogen) atoms. The average molecular weight is 290 g/mol. The number of hydrogen-bond donors (Lipinski definition) is 3. The van der Waals surface area contributed by atoms with E-state index in [9.17, 15) is 13.5 Å². The molecule has 0 aliphatic carbocycles. The van der Waals surface area contributed by atoms with Crippen molar-refractivity contribution in [1.29, 1.82) is 0 Å². The Morgan fingerprint density at radius 1 is 1.47 bits per heavy atom. The van der Waals surface area contributed by atoms with Gasteiger partial charge in [0.25, 0.3) is 10.0 Å². The standard InChI is InChI=1S/C11H22N4O3S/c1-8(2)15(4)6-5-12-19(17,18)11-10(7-16)9(3)13-14-11/h8,12,16H,5-7H2,1-4H3,(H,13,14). The van der Waals surface area contributed by atoms with Gasteiger partial charge < -0.3 is 10.0 Å². The van der Waals surface area contributed by atoms with Gasteiger partial charge in [-0.2, -0.15) is 5.10 Å². The highest BCUT2D eigenvalue weighted by atomic mass is 32.2. The van der Waals surface area contributed by atoms with Gasteiger partial charge in [0.15, 0.2) is 5.03 Å². The van der Waals surface area contributed by atoms with Gasteiger partial charge in [-0.1, -0.05) is 0 Å². The third-order valence-corrected chi connectivity index (χ3v) is 4.52. The van der Waals surface area contributed by atoms with Gasteiger partial charge in [-0.05, 0) is 27.8 Å². The molecule has 0 unspecified atom stereocenters. The molecule has 1 aromatic heterocycles. The zero-order valence-corrected chi connectivity index (χ0v) is 12.6. The number of aryl methyl sites for hydroxylation is 1. The lowest BCUT2D eigenvalue weighted by molar-refractivity contribution is 0.276. The summed E-state index contributed by atoms with van der Waals surface area (Å²) in [7, 11) is -1.76. The molecule has 110 valence electrons. The Labute approximate surface area is 114 Å². The number of aliphatic hydroxyl groups is 1. The van der Waals surface area contributed by atoms with E-state index < -0.39 is 10.0 Å². The van der Waals surface area contributed by atoms with Gasteiger partial charge >= 0.3 is 0 Å². The highest BCUT2D eigenvalue weighted by Gasteiger charge is 2.23. The topological polar surface area (TPSA) is 98.3 Å². The fourth-order valence-electron chi connectivity index (χ4n) is 1.52. The normalized spacial score (nSPS) is 12.6. The number of nitrogens with zero attached hydrogens (tertiary/aromatic N) is 2. The lowest BCUT2D eigenvalue weighted by Gasteiger charge is -2.20. The number of rotatable bonds is 7. The molecule has 8 heteroatoms. The quantitative estimate of drug-likeness (QED) is 0.647. The molecule has 0 fully saturated rings. The van der Waals surface area contributed by atoms with E-state index in [4.69, 9.17) is 0 Å². The Bertz CT molecular complexity index is 510. The number of aliphatic hydroxyl groups excluding tert-OH is 1. The van der Waals surface area contributed by atoms with Crippen LogP contribution in [0.2, 0.25) is 0 Å². The first kappa shape index (κ1) is 16.1. The van der Waals surface area contributed by atoms with Crippen molar-refractivity contribution in [2.24, 2.45) is 0 Å². The Hall–Kier alpha value is -0.960. The molecule has 0 saturated carbocycles. The molecule has 0 spiro atoms. The molecular weight excluding hydrogens is 268 g/mol. The number of aromatic nitrogens is 2. The summed E-state index contributed by atoms with van der Waals surface area (Å²) < 4.78 is 26.6. The van der Waals surface area contributed by atoms with Crippen LogP contribution in [0, 0.1) is 6.92 Å². The summed E-state index contributed by atoms with van der Waals surface area (Å²) in [6.45, 7) is 6.29.